The van der Waals surface area contributed by atoms with Crippen LogP contribution in [0.3, 0.4) is 0 Å². The molecule has 0 aliphatic carbocycles. The summed E-state index contributed by atoms with van der Waals surface area (Å²) in [5.41, 5.74) is 1.92. The zero-order valence-corrected chi connectivity index (χ0v) is 17.8. The van der Waals surface area contributed by atoms with Gasteiger partial charge in [0.15, 0.2) is 0 Å². The van der Waals surface area contributed by atoms with E-state index in [1.807, 2.05) is 35.2 Å². The Morgan fingerprint density at radius 1 is 0.967 bits per heavy atom. The van der Waals surface area contributed by atoms with Crippen LogP contribution in [-0.4, -0.2) is 43.1 Å². The highest BCUT2D eigenvalue weighted by atomic mass is 35.5. The zero-order valence-electron chi connectivity index (χ0n) is 17.1. The standard InChI is InChI=1S/C23H29ClN4O2/c24-20-7-4-8-21(17-20)27-23(30)28-15-11-19(12-16-28)10-14-26-22(29)25-13-9-18-5-2-1-3-6-18/h1-8,17,19H,9-16H2,(H,27,30)(H2,25,26,29). The number of halogens is 1. The third kappa shape index (κ3) is 7.26. The fourth-order valence-corrected chi connectivity index (χ4v) is 3.80. The summed E-state index contributed by atoms with van der Waals surface area (Å²) in [6.07, 6.45) is 3.64. The van der Waals surface area contributed by atoms with Crippen LogP contribution in [0.4, 0.5) is 15.3 Å². The molecule has 0 bridgehead atoms. The minimum Gasteiger partial charge on any atom is -0.338 e. The number of nitrogens with one attached hydrogen (secondary N) is 3. The van der Waals surface area contributed by atoms with Gasteiger partial charge in [0.1, 0.15) is 0 Å². The van der Waals surface area contributed by atoms with Gasteiger partial charge in [0.25, 0.3) is 0 Å². The van der Waals surface area contributed by atoms with Gasteiger partial charge < -0.3 is 20.9 Å². The van der Waals surface area contributed by atoms with Gasteiger partial charge in [0.2, 0.25) is 0 Å². The number of hydrogen-bond acceptors (Lipinski definition) is 2. The second-order valence-corrected chi connectivity index (χ2v) is 8.01. The van der Waals surface area contributed by atoms with E-state index in [1.54, 1.807) is 12.1 Å². The van der Waals surface area contributed by atoms with E-state index in [2.05, 4.69) is 28.1 Å². The Balaban J connectivity index is 1.27. The van der Waals surface area contributed by atoms with Crippen molar-refractivity contribution in [1.29, 1.82) is 0 Å². The van der Waals surface area contributed by atoms with Gasteiger partial charge in [-0.25, -0.2) is 9.59 Å². The number of benzene rings is 2. The van der Waals surface area contributed by atoms with E-state index in [-0.39, 0.29) is 12.1 Å². The monoisotopic (exact) mass is 428 g/mol. The molecule has 1 heterocycles. The van der Waals surface area contributed by atoms with E-state index in [9.17, 15) is 9.59 Å². The normalized spacial score (nSPS) is 14.2. The molecule has 3 N–H and O–H groups in total. The predicted octanol–water partition coefficient (Wildman–Crippen LogP) is 4.52. The van der Waals surface area contributed by atoms with E-state index < -0.39 is 0 Å². The van der Waals surface area contributed by atoms with Crippen LogP contribution in [-0.2, 0) is 6.42 Å². The first-order valence-corrected chi connectivity index (χ1v) is 10.8. The number of carbonyl (C=O) groups is 2. The van der Waals surface area contributed by atoms with E-state index in [4.69, 9.17) is 11.6 Å². The molecule has 0 atom stereocenters. The number of likely N-dealkylation sites (tertiary alicyclic amines) is 1. The highest BCUT2D eigenvalue weighted by Gasteiger charge is 2.22. The van der Waals surface area contributed by atoms with Gasteiger partial charge in [0, 0.05) is 36.9 Å². The van der Waals surface area contributed by atoms with Crippen molar-refractivity contribution in [2.75, 3.05) is 31.5 Å². The summed E-state index contributed by atoms with van der Waals surface area (Å²) >= 11 is 5.96. The summed E-state index contributed by atoms with van der Waals surface area (Å²) in [5, 5.41) is 9.32. The van der Waals surface area contributed by atoms with E-state index in [0.717, 1.165) is 38.8 Å². The lowest BCUT2D eigenvalue weighted by Gasteiger charge is -2.32. The van der Waals surface area contributed by atoms with Crippen LogP contribution in [0.1, 0.15) is 24.8 Å². The van der Waals surface area contributed by atoms with E-state index >= 15 is 0 Å². The maximum Gasteiger partial charge on any atom is 0.321 e. The molecule has 1 saturated heterocycles. The Morgan fingerprint density at radius 2 is 1.70 bits per heavy atom. The zero-order chi connectivity index (χ0) is 21.2. The molecule has 0 spiro atoms. The summed E-state index contributed by atoms with van der Waals surface area (Å²) in [6.45, 7) is 2.72. The third-order valence-electron chi connectivity index (χ3n) is 5.36. The first-order chi connectivity index (χ1) is 14.6. The molecule has 2 aromatic rings. The summed E-state index contributed by atoms with van der Waals surface area (Å²) in [6, 6.07) is 17.0. The van der Waals surface area contributed by atoms with Gasteiger partial charge in [-0.1, -0.05) is 48.0 Å². The molecule has 0 unspecified atom stereocenters. The van der Waals surface area contributed by atoms with Crippen LogP contribution in [0.25, 0.3) is 0 Å². The average molecular weight is 429 g/mol. The molecule has 7 heteroatoms. The molecule has 0 radical (unpaired) electrons. The topological polar surface area (TPSA) is 73.5 Å². The predicted molar refractivity (Wildman–Crippen MR) is 121 cm³/mol. The van der Waals surface area contributed by atoms with Gasteiger partial charge in [-0.2, -0.15) is 0 Å². The number of carbonyl (C=O) groups excluding carboxylic acids is 2. The highest BCUT2D eigenvalue weighted by Crippen LogP contribution is 2.21. The molecule has 1 fully saturated rings. The summed E-state index contributed by atoms with van der Waals surface area (Å²) in [7, 11) is 0. The number of amides is 4. The van der Waals surface area contributed by atoms with Gasteiger partial charge in [-0.15, -0.1) is 0 Å². The van der Waals surface area contributed by atoms with Crippen LogP contribution in [0.15, 0.2) is 54.6 Å². The highest BCUT2D eigenvalue weighted by molar-refractivity contribution is 6.30. The van der Waals surface area contributed by atoms with Crippen LogP contribution in [0, 0.1) is 5.92 Å². The summed E-state index contributed by atoms with van der Waals surface area (Å²) < 4.78 is 0. The SMILES string of the molecule is O=C(NCCc1ccccc1)NCCC1CCN(C(=O)Nc2cccc(Cl)c2)CC1. The summed E-state index contributed by atoms with van der Waals surface area (Å²) in [5.74, 6) is 0.518. The second-order valence-electron chi connectivity index (χ2n) is 7.58. The molecule has 30 heavy (non-hydrogen) atoms. The fraction of sp³-hybridized carbons (Fsp3) is 0.391. The number of rotatable bonds is 7. The molecule has 0 aromatic heterocycles. The van der Waals surface area contributed by atoms with Crippen molar-refractivity contribution in [2.24, 2.45) is 5.92 Å². The Kier molecular flexibility index (Phi) is 8.39. The minimum atomic E-state index is -0.121. The van der Waals surface area contributed by atoms with E-state index in [1.165, 1.54) is 5.56 Å². The van der Waals surface area contributed by atoms with Crippen molar-refractivity contribution < 1.29 is 9.59 Å². The quantitative estimate of drug-likeness (QED) is 0.606. The van der Waals surface area contributed by atoms with Crippen molar-refractivity contribution in [1.82, 2.24) is 15.5 Å². The average Bonchev–Trinajstić information content (AvgIpc) is 2.75. The number of hydrogen-bond donors (Lipinski definition) is 3. The van der Waals surface area contributed by atoms with Crippen molar-refractivity contribution in [3.05, 3.63) is 65.2 Å². The van der Waals surface area contributed by atoms with Gasteiger partial charge in [-0.3, -0.25) is 0 Å². The molecule has 1 aliphatic heterocycles. The van der Waals surface area contributed by atoms with Crippen LogP contribution >= 0.6 is 11.6 Å². The maximum absolute atomic E-state index is 12.4. The van der Waals surface area contributed by atoms with Crippen molar-refractivity contribution >= 4 is 29.4 Å². The summed E-state index contributed by atoms with van der Waals surface area (Å²) in [4.78, 5) is 26.2. The molecular weight excluding hydrogens is 400 g/mol. The van der Waals surface area contributed by atoms with Crippen molar-refractivity contribution in [3.63, 3.8) is 0 Å². The van der Waals surface area contributed by atoms with Gasteiger partial charge >= 0.3 is 12.1 Å². The first-order valence-electron chi connectivity index (χ1n) is 10.5. The minimum absolute atomic E-state index is 0.0911. The second kappa shape index (κ2) is 11.5. The molecule has 2 aromatic carbocycles. The fourth-order valence-electron chi connectivity index (χ4n) is 3.61. The number of nitrogens with zero attached hydrogens (tertiary/aromatic N) is 1. The maximum atomic E-state index is 12.4. The molecule has 160 valence electrons. The van der Waals surface area contributed by atoms with Gasteiger partial charge in [-0.05, 0) is 55.4 Å². The largest absolute Gasteiger partial charge is 0.338 e. The Hall–Kier alpha value is -2.73. The van der Waals surface area contributed by atoms with E-state index in [0.29, 0.717) is 29.7 Å². The molecule has 3 rings (SSSR count). The Morgan fingerprint density at radius 3 is 2.43 bits per heavy atom. The van der Waals surface area contributed by atoms with Crippen LogP contribution in [0.2, 0.25) is 5.02 Å². The van der Waals surface area contributed by atoms with Crippen molar-refractivity contribution in [3.8, 4) is 0 Å². The van der Waals surface area contributed by atoms with Crippen LogP contribution < -0.4 is 16.0 Å². The Labute approximate surface area is 183 Å². The lowest BCUT2D eigenvalue weighted by Crippen LogP contribution is -2.42. The molecule has 0 saturated carbocycles. The number of urea groups is 2. The molecule has 6 nitrogen and oxygen atoms in total. The van der Waals surface area contributed by atoms with Crippen molar-refractivity contribution in [2.45, 2.75) is 25.7 Å². The molecular formula is C23H29ClN4O2. The Bertz CT molecular complexity index is 823. The molecule has 1 aliphatic rings. The first kappa shape index (κ1) is 22.0. The number of piperidine rings is 1. The lowest BCUT2D eigenvalue weighted by molar-refractivity contribution is 0.179. The lowest BCUT2D eigenvalue weighted by atomic mass is 9.94. The van der Waals surface area contributed by atoms with Crippen LogP contribution in [0.5, 0.6) is 0 Å². The smallest absolute Gasteiger partial charge is 0.321 e. The third-order valence-corrected chi connectivity index (χ3v) is 5.59. The molecule has 4 amide bonds. The number of anilines is 1. The van der Waals surface area contributed by atoms with Gasteiger partial charge in [0.05, 0.1) is 0 Å².